The summed E-state index contributed by atoms with van der Waals surface area (Å²) in [4.78, 5) is 10.7. The highest BCUT2D eigenvalue weighted by molar-refractivity contribution is 6.28. The van der Waals surface area contributed by atoms with E-state index in [1.807, 2.05) is 0 Å². The number of para-hydroxylation sites is 3. The molecule has 0 N–H and O–H groups in total. The summed E-state index contributed by atoms with van der Waals surface area (Å²) in [5.74, 6) is 0.743. The fourth-order valence-corrected chi connectivity index (χ4v) is 8.89. The molecule has 3 heterocycles. The van der Waals surface area contributed by atoms with Gasteiger partial charge in [0.2, 0.25) is 0 Å². The van der Waals surface area contributed by atoms with Crippen molar-refractivity contribution < 1.29 is 0 Å². The van der Waals surface area contributed by atoms with Crippen molar-refractivity contribution in [3.63, 3.8) is 0 Å². The summed E-state index contributed by atoms with van der Waals surface area (Å²) in [6.45, 7) is 4.56. The molecule has 0 spiro atoms. The molecule has 0 unspecified atom stereocenters. The minimum atomic E-state index is -0.245. The minimum Gasteiger partial charge on any atom is -0.309 e. The van der Waals surface area contributed by atoms with Crippen molar-refractivity contribution in [3.8, 4) is 45.1 Å². The van der Waals surface area contributed by atoms with Crippen LogP contribution in [0.4, 0.5) is 0 Å². The van der Waals surface area contributed by atoms with Gasteiger partial charge in [0, 0.05) is 55.0 Å². The van der Waals surface area contributed by atoms with Crippen LogP contribution < -0.4 is 0 Å². The number of aromatic nitrogens is 4. The Labute approximate surface area is 307 Å². The second-order valence-electron chi connectivity index (χ2n) is 14.6. The second kappa shape index (κ2) is 11.1. The van der Waals surface area contributed by atoms with Crippen molar-refractivity contribution in [3.05, 3.63) is 181 Å². The largest absolute Gasteiger partial charge is 0.309 e. The van der Waals surface area contributed by atoms with Gasteiger partial charge in [0.1, 0.15) is 0 Å². The highest BCUT2D eigenvalue weighted by Gasteiger charge is 2.39. The average molecular weight is 679 g/mol. The van der Waals surface area contributed by atoms with Gasteiger partial charge in [-0.05, 0) is 71.8 Å². The van der Waals surface area contributed by atoms with Gasteiger partial charge >= 0.3 is 0 Å². The fourth-order valence-electron chi connectivity index (χ4n) is 8.89. The predicted molar refractivity (Wildman–Crippen MR) is 219 cm³/mol. The Morgan fingerprint density at radius 2 is 0.962 bits per heavy atom. The summed E-state index contributed by atoms with van der Waals surface area (Å²) in [6, 6.07) is 60.9. The molecule has 7 aromatic carbocycles. The molecule has 250 valence electrons. The van der Waals surface area contributed by atoms with E-state index < -0.39 is 0 Å². The first-order chi connectivity index (χ1) is 26.1. The number of benzene rings is 7. The van der Waals surface area contributed by atoms with Gasteiger partial charge in [-0.25, -0.2) is 9.97 Å². The van der Waals surface area contributed by atoms with Crippen molar-refractivity contribution >= 4 is 43.6 Å². The van der Waals surface area contributed by atoms with Gasteiger partial charge in [0.25, 0.3) is 0 Å². The molecule has 3 aromatic heterocycles. The number of rotatable bonds is 4. The van der Waals surface area contributed by atoms with E-state index in [9.17, 15) is 0 Å². The van der Waals surface area contributed by atoms with Crippen LogP contribution in [-0.4, -0.2) is 19.1 Å². The molecule has 1 aliphatic carbocycles. The Kier molecular flexibility index (Phi) is 6.27. The number of fused-ring (bicyclic) bond motifs is 10. The van der Waals surface area contributed by atoms with Crippen molar-refractivity contribution in [2.75, 3.05) is 0 Å². The SMILES string of the molecule is CC1(C)c2ccccc2-c2c(-c3ccccc3)nc(-c3ccc(-n4c5ccccc5c5c6c7ccccc7n(-c7ccccc7)c6ccc54)cc3)nc21. The smallest absolute Gasteiger partial charge is 0.160 e. The molecule has 0 amide bonds. The molecule has 53 heavy (non-hydrogen) atoms. The first kappa shape index (κ1) is 29.9. The van der Waals surface area contributed by atoms with E-state index in [0.29, 0.717) is 0 Å². The van der Waals surface area contributed by atoms with Crippen molar-refractivity contribution in [2.45, 2.75) is 19.3 Å². The van der Waals surface area contributed by atoms with Crippen LogP contribution in [0.5, 0.6) is 0 Å². The summed E-state index contributed by atoms with van der Waals surface area (Å²) < 4.78 is 4.80. The van der Waals surface area contributed by atoms with Crippen LogP contribution in [0.1, 0.15) is 25.1 Å². The molecule has 1 aliphatic rings. The molecular weight excluding hydrogens is 645 g/mol. The normalized spacial score (nSPS) is 13.2. The summed E-state index contributed by atoms with van der Waals surface area (Å²) in [6.07, 6.45) is 0. The molecule has 0 atom stereocenters. The summed E-state index contributed by atoms with van der Waals surface area (Å²) >= 11 is 0. The maximum absolute atomic E-state index is 5.34. The van der Waals surface area contributed by atoms with Crippen LogP contribution in [0.25, 0.3) is 88.8 Å². The van der Waals surface area contributed by atoms with Gasteiger partial charge in [-0.15, -0.1) is 0 Å². The van der Waals surface area contributed by atoms with Gasteiger partial charge in [-0.2, -0.15) is 0 Å². The third-order valence-corrected chi connectivity index (χ3v) is 11.3. The lowest BCUT2D eigenvalue weighted by atomic mass is 9.85. The van der Waals surface area contributed by atoms with E-state index >= 15 is 0 Å². The zero-order chi connectivity index (χ0) is 35.3. The summed E-state index contributed by atoms with van der Waals surface area (Å²) in [5.41, 5.74) is 14.6. The number of hydrogen-bond acceptors (Lipinski definition) is 2. The number of hydrogen-bond donors (Lipinski definition) is 0. The minimum absolute atomic E-state index is 0.245. The van der Waals surface area contributed by atoms with Crippen LogP contribution in [0.2, 0.25) is 0 Å². The predicted octanol–water partition coefficient (Wildman–Crippen LogP) is 12.3. The maximum atomic E-state index is 5.34. The zero-order valence-electron chi connectivity index (χ0n) is 29.5. The van der Waals surface area contributed by atoms with Gasteiger partial charge in [-0.1, -0.05) is 123 Å². The Hall–Kier alpha value is -6.78. The van der Waals surface area contributed by atoms with Gasteiger partial charge in [0.15, 0.2) is 5.82 Å². The van der Waals surface area contributed by atoms with E-state index in [1.54, 1.807) is 0 Å². The fraction of sp³-hybridized carbons (Fsp3) is 0.0612. The van der Waals surface area contributed by atoms with Crippen LogP contribution in [0.15, 0.2) is 170 Å². The maximum Gasteiger partial charge on any atom is 0.160 e. The van der Waals surface area contributed by atoms with Crippen molar-refractivity contribution in [1.29, 1.82) is 0 Å². The molecule has 0 radical (unpaired) electrons. The van der Waals surface area contributed by atoms with Crippen molar-refractivity contribution in [2.24, 2.45) is 0 Å². The molecule has 0 saturated heterocycles. The third kappa shape index (κ3) is 4.24. The first-order valence-electron chi connectivity index (χ1n) is 18.3. The van der Waals surface area contributed by atoms with Crippen LogP contribution >= 0.6 is 0 Å². The van der Waals surface area contributed by atoms with Gasteiger partial charge in [-0.3, -0.25) is 0 Å². The van der Waals surface area contributed by atoms with E-state index in [-0.39, 0.29) is 5.41 Å². The van der Waals surface area contributed by atoms with Gasteiger partial charge < -0.3 is 9.13 Å². The summed E-state index contributed by atoms with van der Waals surface area (Å²) in [5, 5.41) is 5.04. The Bertz CT molecular complexity index is 3060. The molecular formula is C49H34N4. The zero-order valence-corrected chi connectivity index (χ0v) is 29.5. The van der Waals surface area contributed by atoms with Crippen molar-refractivity contribution in [1.82, 2.24) is 19.1 Å². The molecule has 4 heteroatoms. The molecule has 0 fully saturated rings. The highest BCUT2D eigenvalue weighted by atomic mass is 15.0. The number of nitrogens with zero attached hydrogens (tertiary/aromatic N) is 4. The Morgan fingerprint density at radius 1 is 0.434 bits per heavy atom. The molecule has 10 aromatic rings. The van der Waals surface area contributed by atoms with Gasteiger partial charge in [0.05, 0.1) is 33.5 Å². The summed E-state index contributed by atoms with van der Waals surface area (Å²) in [7, 11) is 0. The van der Waals surface area contributed by atoms with Crippen LogP contribution in [0, 0.1) is 0 Å². The molecule has 0 aliphatic heterocycles. The van der Waals surface area contributed by atoms with E-state index in [0.717, 1.165) is 45.3 Å². The lowest BCUT2D eigenvalue weighted by Gasteiger charge is -2.21. The third-order valence-electron chi connectivity index (χ3n) is 11.3. The molecule has 0 bridgehead atoms. The lowest BCUT2D eigenvalue weighted by Crippen LogP contribution is -2.17. The van der Waals surface area contributed by atoms with E-state index in [2.05, 4.69) is 193 Å². The quantitative estimate of drug-likeness (QED) is 0.186. The molecule has 11 rings (SSSR count). The van der Waals surface area contributed by atoms with Crippen LogP contribution in [-0.2, 0) is 5.41 Å². The topological polar surface area (TPSA) is 35.6 Å². The lowest BCUT2D eigenvalue weighted by molar-refractivity contribution is 0.636. The first-order valence-corrected chi connectivity index (χ1v) is 18.3. The van der Waals surface area contributed by atoms with E-state index in [1.165, 1.54) is 54.7 Å². The average Bonchev–Trinajstić information content (AvgIpc) is 3.81. The molecule has 0 saturated carbocycles. The second-order valence-corrected chi connectivity index (χ2v) is 14.6. The molecule has 4 nitrogen and oxygen atoms in total. The Morgan fingerprint density at radius 3 is 1.60 bits per heavy atom. The highest BCUT2D eigenvalue weighted by Crippen LogP contribution is 2.51. The standard InChI is InChI=1S/C49H34N4/c1-49(2)38-22-12-9-19-35(38)45-46(31-15-5-3-6-16-31)50-48(51-47(45)49)32-25-27-34(28-26-32)53-40-24-14-11-21-37(40)44-42(53)30-29-41-43(44)36-20-10-13-23-39(36)52(41)33-17-7-4-8-18-33/h3-30H,1-2H3. The Balaban J connectivity index is 1.11. The monoisotopic (exact) mass is 678 g/mol. The van der Waals surface area contributed by atoms with E-state index in [4.69, 9.17) is 9.97 Å². The van der Waals surface area contributed by atoms with Crippen LogP contribution in [0.3, 0.4) is 0 Å².